The van der Waals surface area contributed by atoms with Crippen molar-refractivity contribution in [3.63, 3.8) is 0 Å². The highest BCUT2D eigenvalue weighted by atomic mass is 79.9. The molecule has 1 heterocycles. The lowest BCUT2D eigenvalue weighted by Crippen LogP contribution is -2.54. The number of anilines is 1. The molecule has 156 valence electrons. The number of hydrogen-bond acceptors (Lipinski definition) is 5. The maximum atomic E-state index is 13.1. The van der Waals surface area contributed by atoms with Crippen molar-refractivity contribution in [1.29, 1.82) is 0 Å². The molecule has 3 rings (SSSR count). The lowest BCUT2D eigenvalue weighted by atomic mass is 10.1. The van der Waals surface area contributed by atoms with Gasteiger partial charge in [-0.25, -0.2) is 9.69 Å². The van der Waals surface area contributed by atoms with Gasteiger partial charge in [0.15, 0.2) is 0 Å². The molecule has 2 aromatic rings. The highest BCUT2D eigenvalue weighted by Crippen LogP contribution is 2.30. The maximum absolute atomic E-state index is 13.1. The standard InChI is InChI=1S/C22H21BrN2O5/c1-4-9-30-19-12-16(29-3)7-5-14(19)11-17-20(26)24-22(28)25(21(17)27)15-6-8-18(23)13(2)10-15/h5-8,10-12H,4,9H2,1-3H3,(H,24,26,28)/b17-11-. The number of barbiturate groups is 1. The van der Waals surface area contributed by atoms with Crippen LogP contribution in [0.4, 0.5) is 10.5 Å². The summed E-state index contributed by atoms with van der Waals surface area (Å²) in [4.78, 5) is 38.9. The van der Waals surface area contributed by atoms with Crippen LogP contribution in [0.2, 0.25) is 0 Å². The van der Waals surface area contributed by atoms with E-state index in [4.69, 9.17) is 9.47 Å². The molecule has 4 amide bonds. The zero-order valence-electron chi connectivity index (χ0n) is 16.8. The van der Waals surface area contributed by atoms with Crippen LogP contribution in [-0.4, -0.2) is 31.6 Å². The molecule has 2 aromatic carbocycles. The average Bonchev–Trinajstić information content (AvgIpc) is 2.72. The summed E-state index contributed by atoms with van der Waals surface area (Å²) in [6, 6.07) is 9.36. The number of aryl methyl sites for hydroxylation is 1. The van der Waals surface area contributed by atoms with Crippen LogP contribution in [0.5, 0.6) is 11.5 Å². The largest absolute Gasteiger partial charge is 0.497 e. The minimum Gasteiger partial charge on any atom is -0.497 e. The summed E-state index contributed by atoms with van der Waals surface area (Å²) in [5, 5.41) is 2.23. The van der Waals surface area contributed by atoms with Gasteiger partial charge in [-0.1, -0.05) is 22.9 Å². The van der Waals surface area contributed by atoms with Crippen molar-refractivity contribution in [2.75, 3.05) is 18.6 Å². The first-order valence-corrected chi connectivity index (χ1v) is 10.1. The van der Waals surface area contributed by atoms with E-state index in [9.17, 15) is 14.4 Å². The molecule has 1 fully saturated rings. The Morgan fingerprint density at radius 1 is 1.13 bits per heavy atom. The van der Waals surface area contributed by atoms with Crippen LogP contribution in [0.3, 0.4) is 0 Å². The number of carbonyl (C=O) groups is 3. The van der Waals surface area contributed by atoms with Gasteiger partial charge < -0.3 is 9.47 Å². The molecule has 1 aliphatic rings. The summed E-state index contributed by atoms with van der Waals surface area (Å²) in [7, 11) is 1.54. The Kier molecular flexibility index (Phi) is 6.56. The first-order valence-electron chi connectivity index (χ1n) is 9.34. The third kappa shape index (κ3) is 4.38. The van der Waals surface area contributed by atoms with E-state index < -0.39 is 17.8 Å². The molecular weight excluding hydrogens is 452 g/mol. The van der Waals surface area contributed by atoms with Gasteiger partial charge in [0.1, 0.15) is 17.1 Å². The smallest absolute Gasteiger partial charge is 0.335 e. The van der Waals surface area contributed by atoms with Gasteiger partial charge in [-0.15, -0.1) is 0 Å². The average molecular weight is 473 g/mol. The van der Waals surface area contributed by atoms with Crippen molar-refractivity contribution < 1.29 is 23.9 Å². The van der Waals surface area contributed by atoms with Gasteiger partial charge >= 0.3 is 6.03 Å². The molecule has 0 saturated carbocycles. The number of halogens is 1. The number of nitrogens with zero attached hydrogens (tertiary/aromatic N) is 1. The third-order valence-electron chi connectivity index (χ3n) is 4.48. The van der Waals surface area contributed by atoms with Gasteiger partial charge in [0.2, 0.25) is 0 Å². The zero-order valence-corrected chi connectivity index (χ0v) is 18.4. The number of carbonyl (C=O) groups excluding carboxylic acids is 3. The van der Waals surface area contributed by atoms with E-state index in [-0.39, 0.29) is 5.57 Å². The zero-order chi connectivity index (χ0) is 21.8. The third-order valence-corrected chi connectivity index (χ3v) is 5.37. The van der Waals surface area contributed by atoms with Gasteiger partial charge in [0.05, 0.1) is 19.4 Å². The minimum atomic E-state index is -0.791. The van der Waals surface area contributed by atoms with Crippen LogP contribution in [0.1, 0.15) is 24.5 Å². The maximum Gasteiger partial charge on any atom is 0.335 e. The quantitative estimate of drug-likeness (QED) is 0.502. The van der Waals surface area contributed by atoms with Crippen LogP contribution < -0.4 is 19.7 Å². The second-order valence-electron chi connectivity index (χ2n) is 6.64. The molecule has 0 atom stereocenters. The molecule has 30 heavy (non-hydrogen) atoms. The van der Waals surface area contributed by atoms with Crippen molar-refractivity contribution >= 4 is 45.5 Å². The fraction of sp³-hybridized carbons (Fsp3) is 0.227. The van der Waals surface area contributed by atoms with Crippen LogP contribution in [0.15, 0.2) is 46.4 Å². The molecule has 8 heteroatoms. The number of hydrogen-bond donors (Lipinski definition) is 1. The van der Waals surface area contributed by atoms with Gasteiger partial charge in [-0.3, -0.25) is 14.9 Å². The first-order chi connectivity index (χ1) is 14.3. The van der Waals surface area contributed by atoms with Crippen molar-refractivity contribution in [3.05, 3.63) is 57.6 Å². The second kappa shape index (κ2) is 9.13. The fourth-order valence-electron chi connectivity index (χ4n) is 2.91. The molecule has 0 aromatic heterocycles. The summed E-state index contributed by atoms with van der Waals surface area (Å²) in [5.41, 5.74) is 1.58. The normalized spacial score (nSPS) is 15.4. The molecule has 1 saturated heterocycles. The number of amides is 4. The Bertz CT molecular complexity index is 1050. The van der Waals surface area contributed by atoms with E-state index in [0.29, 0.717) is 29.4 Å². The van der Waals surface area contributed by atoms with Gasteiger partial charge in [-0.05, 0) is 55.3 Å². The van der Waals surface area contributed by atoms with Crippen molar-refractivity contribution in [2.45, 2.75) is 20.3 Å². The molecule has 0 unspecified atom stereocenters. The topological polar surface area (TPSA) is 84.9 Å². The molecule has 7 nitrogen and oxygen atoms in total. The monoisotopic (exact) mass is 472 g/mol. The van der Waals surface area contributed by atoms with Gasteiger partial charge in [0, 0.05) is 16.1 Å². The number of benzene rings is 2. The number of rotatable bonds is 6. The number of imide groups is 2. The highest BCUT2D eigenvalue weighted by molar-refractivity contribution is 9.10. The fourth-order valence-corrected chi connectivity index (χ4v) is 3.16. The molecular formula is C22H21BrN2O5. The van der Waals surface area contributed by atoms with E-state index in [0.717, 1.165) is 21.4 Å². The Labute approximate surface area is 182 Å². The number of methoxy groups -OCH3 is 1. The van der Waals surface area contributed by atoms with Crippen LogP contribution in [0, 0.1) is 6.92 Å². The molecule has 0 aliphatic carbocycles. The van der Waals surface area contributed by atoms with E-state index >= 15 is 0 Å². The molecule has 0 spiro atoms. The molecule has 0 radical (unpaired) electrons. The van der Waals surface area contributed by atoms with E-state index in [2.05, 4.69) is 21.2 Å². The summed E-state index contributed by atoms with van der Waals surface area (Å²) >= 11 is 3.40. The van der Waals surface area contributed by atoms with E-state index in [1.165, 1.54) is 6.08 Å². The van der Waals surface area contributed by atoms with Crippen LogP contribution in [-0.2, 0) is 9.59 Å². The number of nitrogens with one attached hydrogen (secondary N) is 1. The Balaban J connectivity index is 2.03. The first kappa shape index (κ1) is 21.6. The summed E-state index contributed by atoms with van der Waals surface area (Å²) in [6.45, 7) is 4.28. The predicted molar refractivity (Wildman–Crippen MR) is 117 cm³/mol. The number of ether oxygens (including phenoxy) is 2. The Morgan fingerprint density at radius 2 is 1.90 bits per heavy atom. The van der Waals surface area contributed by atoms with Crippen LogP contribution >= 0.6 is 15.9 Å². The second-order valence-corrected chi connectivity index (χ2v) is 7.50. The summed E-state index contributed by atoms with van der Waals surface area (Å²) in [6.07, 6.45) is 2.21. The molecule has 1 N–H and O–H groups in total. The van der Waals surface area contributed by atoms with Crippen LogP contribution in [0.25, 0.3) is 6.08 Å². The van der Waals surface area contributed by atoms with Gasteiger partial charge in [-0.2, -0.15) is 0 Å². The van der Waals surface area contributed by atoms with Crippen molar-refractivity contribution in [3.8, 4) is 11.5 Å². The molecule has 1 aliphatic heterocycles. The number of urea groups is 1. The highest BCUT2D eigenvalue weighted by Gasteiger charge is 2.37. The van der Waals surface area contributed by atoms with Gasteiger partial charge in [0.25, 0.3) is 11.8 Å². The van der Waals surface area contributed by atoms with Crippen molar-refractivity contribution in [1.82, 2.24) is 5.32 Å². The predicted octanol–water partition coefficient (Wildman–Crippen LogP) is 4.22. The molecule has 0 bridgehead atoms. The Hall–Kier alpha value is -3.13. The van der Waals surface area contributed by atoms with E-state index in [1.54, 1.807) is 43.5 Å². The Morgan fingerprint density at radius 3 is 2.57 bits per heavy atom. The summed E-state index contributed by atoms with van der Waals surface area (Å²) < 4.78 is 11.8. The SMILES string of the molecule is CCCOc1cc(OC)ccc1/C=C1/C(=O)NC(=O)N(c2ccc(Br)c(C)c2)C1=O. The van der Waals surface area contributed by atoms with E-state index in [1.807, 2.05) is 13.8 Å². The summed E-state index contributed by atoms with van der Waals surface area (Å²) in [5.74, 6) is -0.396. The lowest BCUT2D eigenvalue weighted by molar-refractivity contribution is -0.122. The minimum absolute atomic E-state index is 0.165. The lowest BCUT2D eigenvalue weighted by Gasteiger charge is -2.27. The van der Waals surface area contributed by atoms with Crippen molar-refractivity contribution in [2.24, 2.45) is 0 Å².